The highest BCUT2D eigenvalue weighted by atomic mass is 35.5. The second kappa shape index (κ2) is 25.6. The van der Waals surface area contributed by atoms with E-state index in [1.807, 2.05) is 23.3 Å². The Kier molecular flexibility index (Phi) is 18.6. The van der Waals surface area contributed by atoms with Gasteiger partial charge in [0.15, 0.2) is 11.6 Å². The molecule has 8 heterocycles. The highest BCUT2D eigenvalue weighted by molar-refractivity contribution is 7.99. The summed E-state index contributed by atoms with van der Waals surface area (Å²) in [5.74, 6) is 1.23. The van der Waals surface area contributed by atoms with Gasteiger partial charge in [0.25, 0.3) is 20.0 Å². The third-order valence-corrected chi connectivity index (χ3v) is 21.2. The molecule has 4 atom stereocenters. The topological polar surface area (TPSA) is 308 Å². The van der Waals surface area contributed by atoms with E-state index in [0.717, 1.165) is 31.7 Å². The number of aromatic nitrogens is 6. The Morgan fingerprint density at radius 3 is 1.58 bits per heavy atom. The number of hydrogen-bond donors (Lipinski definition) is 5. The lowest BCUT2D eigenvalue weighted by Crippen LogP contribution is -2.56. The minimum atomic E-state index is -4.42. The monoisotopic (exact) mass is 1290 g/mol. The minimum absolute atomic E-state index is 0.00119. The Balaban J connectivity index is 0.741. The summed E-state index contributed by atoms with van der Waals surface area (Å²) in [5, 5.41) is 6.02. The van der Waals surface area contributed by atoms with Crippen molar-refractivity contribution in [2.24, 2.45) is 16.6 Å². The van der Waals surface area contributed by atoms with Crippen LogP contribution in [0.4, 0.5) is 37.7 Å². The number of carbonyl (C=O) groups is 3. The normalized spacial score (nSPS) is 20.1. The number of halogens is 2. The quantitative estimate of drug-likeness (QED) is 0.0641. The van der Waals surface area contributed by atoms with E-state index in [2.05, 4.69) is 45.4 Å². The molecule has 24 nitrogen and oxygen atoms in total. The van der Waals surface area contributed by atoms with Crippen molar-refractivity contribution in [3.63, 3.8) is 0 Å². The van der Waals surface area contributed by atoms with Crippen molar-refractivity contribution in [2.75, 3.05) is 59.8 Å². The number of benzene rings is 2. The van der Waals surface area contributed by atoms with E-state index in [4.69, 9.17) is 48.1 Å². The number of sulfonamides is 2. The van der Waals surface area contributed by atoms with Gasteiger partial charge in [0, 0.05) is 71.8 Å². The Morgan fingerprint density at radius 2 is 1.13 bits per heavy atom. The molecule has 30 heteroatoms. The van der Waals surface area contributed by atoms with E-state index in [-0.39, 0.29) is 55.6 Å². The Morgan fingerprint density at radius 1 is 0.663 bits per heavy atom. The van der Waals surface area contributed by atoms with Gasteiger partial charge >= 0.3 is 18.2 Å². The van der Waals surface area contributed by atoms with Crippen LogP contribution < -0.4 is 35.6 Å². The van der Waals surface area contributed by atoms with Gasteiger partial charge in [0.2, 0.25) is 0 Å². The second-order valence-corrected chi connectivity index (χ2v) is 28.7. The summed E-state index contributed by atoms with van der Waals surface area (Å²) in [4.78, 5) is 73.8. The molecule has 2 spiro atoms. The first-order valence-electron chi connectivity index (χ1n) is 27.5. The second-order valence-electron chi connectivity index (χ2n) is 22.5. The maximum Gasteiger partial charge on any atom is 0.410 e. The lowest BCUT2D eigenvalue weighted by molar-refractivity contribution is -0.00927. The van der Waals surface area contributed by atoms with Crippen LogP contribution >= 0.6 is 46.7 Å². The maximum absolute atomic E-state index is 14.3. The Bertz CT molecular complexity index is 3680. The fourth-order valence-electron chi connectivity index (χ4n) is 11.1. The highest BCUT2D eigenvalue weighted by Gasteiger charge is 2.54. The number of ether oxygens (including phenoxy) is 3. The summed E-state index contributed by atoms with van der Waals surface area (Å²) in [6.45, 7) is 13.1. The SMILES string of the molecule is C[C@@H]1OCC2(CCN(c3cnc(Sc4ccnc(NC(=O)NS(=O)(=O)c5ccccc5)c4Cl)cn3)CC2)C1N(Cc1ccc(S(=O)(=O)NC(=O)Nc2nccc(Sc3cnc(N4CCC5(CC4)CO[C@@H](C)[C@H]5N)cn3)c2Cl)cc1)C(=O)OC(C)(C)C. The molecule has 1 unspecified atom stereocenters. The molecule has 4 fully saturated rings. The molecule has 4 saturated heterocycles. The van der Waals surface area contributed by atoms with Crippen LogP contribution in [0.5, 0.6) is 0 Å². The number of pyridine rings is 2. The maximum atomic E-state index is 14.3. The van der Waals surface area contributed by atoms with E-state index >= 15 is 0 Å². The zero-order valence-electron chi connectivity index (χ0n) is 47.5. The first-order chi connectivity index (χ1) is 40.9. The molecule has 0 aliphatic carbocycles. The molecule has 0 saturated carbocycles. The van der Waals surface area contributed by atoms with Crippen molar-refractivity contribution in [3.8, 4) is 0 Å². The molecule has 5 amide bonds. The summed E-state index contributed by atoms with van der Waals surface area (Å²) >= 11 is 15.7. The molecular formula is C56H64Cl2N14O10S4. The van der Waals surface area contributed by atoms with Crippen molar-refractivity contribution in [1.29, 1.82) is 0 Å². The van der Waals surface area contributed by atoms with Crippen LogP contribution in [0.25, 0.3) is 0 Å². The van der Waals surface area contributed by atoms with Gasteiger partial charge in [-0.05, 0) is 102 Å². The molecule has 4 aromatic heterocycles. The number of urea groups is 2. The summed E-state index contributed by atoms with van der Waals surface area (Å²) in [7, 11) is -8.57. The summed E-state index contributed by atoms with van der Waals surface area (Å²) in [6, 6.07) is 14.0. The number of carbonyl (C=O) groups excluding carboxylic acids is 3. The number of anilines is 4. The van der Waals surface area contributed by atoms with Crippen LogP contribution in [0.2, 0.25) is 10.0 Å². The molecule has 4 aliphatic heterocycles. The van der Waals surface area contributed by atoms with Crippen LogP contribution in [-0.4, -0.2) is 139 Å². The average molecular weight is 1290 g/mol. The summed E-state index contributed by atoms with van der Waals surface area (Å²) in [6.07, 6.45) is 11.6. The van der Waals surface area contributed by atoms with Crippen molar-refractivity contribution in [2.45, 2.75) is 126 Å². The van der Waals surface area contributed by atoms with Gasteiger partial charge in [0.1, 0.15) is 27.3 Å². The molecule has 2 aromatic carbocycles. The molecule has 6 N–H and O–H groups in total. The molecule has 456 valence electrons. The van der Waals surface area contributed by atoms with E-state index < -0.39 is 61.4 Å². The van der Waals surface area contributed by atoms with Crippen LogP contribution in [0.15, 0.2) is 134 Å². The number of nitrogens with one attached hydrogen (secondary N) is 4. The van der Waals surface area contributed by atoms with Crippen LogP contribution in [0, 0.1) is 10.8 Å². The summed E-state index contributed by atoms with van der Waals surface area (Å²) < 4.78 is 74.9. The van der Waals surface area contributed by atoms with Crippen molar-refractivity contribution >= 4 is 108 Å². The number of nitrogens with two attached hydrogens (primary N) is 1. The smallest absolute Gasteiger partial charge is 0.410 e. The van der Waals surface area contributed by atoms with Crippen molar-refractivity contribution in [1.82, 2.24) is 44.2 Å². The van der Waals surface area contributed by atoms with Gasteiger partial charge < -0.3 is 29.7 Å². The molecule has 6 aromatic rings. The third kappa shape index (κ3) is 14.2. The molecule has 0 radical (unpaired) electrons. The van der Waals surface area contributed by atoms with Gasteiger partial charge in [-0.2, -0.15) is 0 Å². The Labute approximate surface area is 517 Å². The van der Waals surface area contributed by atoms with E-state index in [1.54, 1.807) is 80.8 Å². The van der Waals surface area contributed by atoms with Gasteiger partial charge in [0.05, 0.1) is 76.1 Å². The van der Waals surface area contributed by atoms with Gasteiger partial charge in [-0.1, -0.05) is 77.1 Å². The standard InChI is InChI=1S/C56H64Cl2N14O10S4/c1-34-47(59)55(32-80-34)17-23-70(24-18-55)41-27-64-43(29-62-41)83-40-16-22-61-50(46(40)58)67-52(74)69-86(78,79)38-13-11-36(12-14-38)31-72(53(75)82-54(3,4)5)48-35(2)81-33-56(48)19-25-71(26-20-56)42-28-65-44(30-63-42)84-39-15-21-60-49(45(39)57)66-51(73)68-85(76,77)37-9-7-6-8-10-37/h6-16,21-22,27-30,34-35,47-48H,17-20,23-26,31-33,59H2,1-5H3,(H2,60,66,68,73)(H2,61,67,69,74)/t34-,35-,47+,48?/m0/s1. The number of nitrogens with zero attached hydrogens (tertiary/aromatic N) is 9. The number of rotatable bonds is 15. The summed E-state index contributed by atoms with van der Waals surface area (Å²) in [5.41, 5.74) is 5.75. The highest BCUT2D eigenvalue weighted by Crippen LogP contribution is 2.47. The number of amides is 5. The lowest BCUT2D eigenvalue weighted by atomic mass is 9.72. The largest absolute Gasteiger partial charge is 0.444 e. The predicted octanol–water partition coefficient (Wildman–Crippen LogP) is 8.83. The first-order valence-corrected chi connectivity index (χ1v) is 32.8. The number of piperidine rings is 2. The van der Waals surface area contributed by atoms with Gasteiger partial charge in [-0.15, -0.1) is 0 Å². The fourth-order valence-corrected chi connectivity index (χ4v) is 15.0. The Hall–Kier alpha value is -6.63. The van der Waals surface area contributed by atoms with E-state index in [9.17, 15) is 31.2 Å². The minimum Gasteiger partial charge on any atom is -0.444 e. The molecule has 10 rings (SSSR count). The van der Waals surface area contributed by atoms with Crippen LogP contribution in [0.1, 0.15) is 65.9 Å². The fraction of sp³-hybridized carbons (Fsp3) is 0.411. The van der Waals surface area contributed by atoms with E-state index in [0.29, 0.717) is 70.4 Å². The lowest BCUT2D eigenvalue weighted by Gasteiger charge is -2.46. The van der Waals surface area contributed by atoms with Gasteiger partial charge in [-0.25, -0.2) is 70.6 Å². The first kappa shape index (κ1) is 62.4. The van der Waals surface area contributed by atoms with Gasteiger partial charge in [-0.3, -0.25) is 15.5 Å². The molecule has 0 bridgehead atoms. The zero-order valence-corrected chi connectivity index (χ0v) is 52.3. The van der Waals surface area contributed by atoms with E-state index in [1.165, 1.54) is 72.3 Å². The predicted molar refractivity (Wildman–Crippen MR) is 324 cm³/mol. The van der Waals surface area contributed by atoms with Crippen molar-refractivity contribution < 1.29 is 45.4 Å². The molecular weight excluding hydrogens is 1230 g/mol. The zero-order chi connectivity index (χ0) is 61.2. The number of hydrogen-bond acceptors (Lipinski definition) is 21. The van der Waals surface area contributed by atoms with Crippen molar-refractivity contribution in [3.05, 3.63) is 120 Å². The van der Waals surface area contributed by atoms with Crippen LogP contribution in [0.3, 0.4) is 0 Å². The molecule has 4 aliphatic rings. The molecule has 86 heavy (non-hydrogen) atoms. The third-order valence-electron chi connectivity index (χ3n) is 15.6. The van der Waals surface area contributed by atoms with Crippen LogP contribution in [-0.2, 0) is 40.8 Å². The average Bonchev–Trinajstić information content (AvgIpc) is 1.69.